The van der Waals surface area contributed by atoms with Gasteiger partial charge in [-0.15, -0.1) is 0 Å². The number of nitrogens with zero attached hydrogens (tertiary/aromatic N) is 1. The first kappa shape index (κ1) is 10.5. The Morgan fingerprint density at radius 1 is 1.44 bits per heavy atom. The van der Waals surface area contributed by atoms with E-state index in [0.717, 1.165) is 0 Å². The van der Waals surface area contributed by atoms with Gasteiger partial charge in [0, 0.05) is 28.7 Å². The van der Waals surface area contributed by atoms with E-state index < -0.39 is 11.8 Å². The normalized spacial score (nSPS) is 10.9. The summed E-state index contributed by atoms with van der Waals surface area (Å²) in [6.07, 6.45) is 1.56. The van der Waals surface area contributed by atoms with Gasteiger partial charge >= 0.3 is 5.97 Å². The molecule has 0 spiro atoms. The molecular formula is C12H7FN2O3. The zero-order chi connectivity index (χ0) is 12.7. The SMILES string of the molecule is O=C(O)c1cc(-c2c[nH]c3cccc(F)c23)on1. The Bertz CT molecular complexity index is 745. The smallest absolute Gasteiger partial charge is 0.358 e. The van der Waals surface area contributed by atoms with Crippen molar-refractivity contribution in [3.63, 3.8) is 0 Å². The molecule has 0 radical (unpaired) electrons. The molecule has 0 aliphatic heterocycles. The summed E-state index contributed by atoms with van der Waals surface area (Å²) in [6, 6.07) is 5.89. The summed E-state index contributed by atoms with van der Waals surface area (Å²) >= 11 is 0. The van der Waals surface area contributed by atoms with E-state index in [1.165, 1.54) is 12.1 Å². The Morgan fingerprint density at radius 2 is 2.28 bits per heavy atom. The van der Waals surface area contributed by atoms with Crippen molar-refractivity contribution in [2.45, 2.75) is 0 Å². The first-order chi connectivity index (χ1) is 8.66. The lowest BCUT2D eigenvalue weighted by Gasteiger charge is -1.94. The largest absolute Gasteiger partial charge is 0.476 e. The Balaban J connectivity index is 2.22. The van der Waals surface area contributed by atoms with Crippen LogP contribution in [0.1, 0.15) is 10.5 Å². The number of benzene rings is 1. The maximum Gasteiger partial charge on any atom is 0.358 e. The van der Waals surface area contributed by atoms with Crippen molar-refractivity contribution in [3.8, 4) is 11.3 Å². The molecule has 2 N–H and O–H groups in total. The number of hydrogen-bond acceptors (Lipinski definition) is 3. The molecular weight excluding hydrogens is 239 g/mol. The summed E-state index contributed by atoms with van der Waals surface area (Å²) in [6.45, 7) is 0. The summed E-state index contributed by atoms with van der Waals surface area (Å²) < 4.78 is 18.6. The minimum Gasteiger partial charge on any atom is -0.476 e. The molecule has 0 saturated heterocycles. The van der Waals surface area contributed by atoms with Gasteiger partial charge in [0.15, 0.2) is 11.5 Å². The van der Waals surface area contributed by atoms with Crippen LogP contribution < -0.4 is 0 Å². The molecule has 0 unspecified atom stereocenters. The summed E-state index contributed by atoms with van der Waals surface area (Å²) in [5.41, 5.74) is 0.845. The number of H-pyrrole nitrogens is 1. The monoisotopic (exact) mass is 246 g/mol. The van der Waals surface area contributed by atoms with E-state index in [1.54, 1.807) is 18.3 Å². The van der Waals surface area contributed by atoms with Crippen molar-refractivity contribution in [1.29, 1.82) is 0 Å². The predicted octanol–water partition coefficient (Wildman–Crippen LogP) is 2.66. The molecule has 0 aliphatic rings. The van der Waals surface area contributed by atoms with Crippen molar-refractivity contribution in [2.75, 3.05) is 0 Å². The quantitative estimate of drug-likeness (QED) is 0.728. The zero-order valence-electron chi connectivity index (χ0n) is 8.98. The Morgan fingerprint density at radius 3 is 3.00 bits per heavy atom. The van der Waals surface area contributed by atoms with Gasteiger partial charge in [-0.2, -0.15) is 0 Å². The average Bonchev–Trinajstić information content (AvgIpc) is 2.94. The maximum atomic E-state index is 13.7. The van der Waals surface area contributed by atoms with Crippen LogP contribution >= 0.6 is 0 Å². The number of fused-ring (bicyclic) bond motifs is 1. The third-order valence-electron chi connectivity index (χ3n) is 2.65. The molecule has 2 aromatic heterocycles. The van der Waals surface area contributed by atoms with Crippen LogP contribution in [-0.4, -0.2) is 21.2 Å². The van der Waals surface area contributed by atoms with Crippen LogP contribution in [0.3, 0.4) is 0 Å². The van der Waals surface area contributed by atoms with Crippen molar-refractivity contribution < 1.29 is 18.8 Å². The highest BCUT2D eigenvalue weighted by atomic mass is 19.1. The van der Waals surface area contributed by atoms with Gasteiger partial charge in [-0.1, -0.05) is 11.2 Å². The molecule has 1 aromatic carbocycles. The standard InChI is InChI=1S/C12H7FN2O3/c13-7-2-1-3-8-11(7)6(5-14-8)10-4-9(12(16)17)15-18-10/h1-5,14H,(H,16,17). The molecule has 0 atom stereocenters. The molecule has 0 saturated carbocycles. The summed E-state index contributed by atoms with van der Waals surface area (Å²) in [5, 5.41) is 12.5. The number of aromatic carboxylic acids is 1. The number of rotatable bonds is 2. The molecule has 90 valence electrons. The fourth-order valence-electron chi connectivity index (χ4n) is 1.84. The second-order valence-corrected chi connectivity index (χ2v) is 3.75. The van der Waals surface area contributed by atoms with Gasteiger partial charge in [0.2, 0.25) is 0 Å². The van der Waals surface area contributed by atoms with Crippen LogP contribution in [-0.2, 0) is 0 Å². The highest BCUT2D eigenvalue weighted by molar-refractivity contribution is 5.95. The lowest BCUT2D eigenvalue weighted by Crippen LogP contribution is -1.94. The van der Waals surface area contributed by atoms with Gasteiger partial charge in [-0.25, -0.2) is 9.18 Å². The number of carboxylic acid groups (broad SMARTS) is 1. The molecule has 6 heteroatoms. The first-order valence-corrected chi connectivity index (χ1v) is 5.13. The minimum absolute atomic E-state index is 0.212. The molecule has 0 amide bonds. The Labute approximate surface area is 99.8 Å². The van der Waals surface area contributed by atoms with Crippen molar-refractivity contribution >= 4 is 16.9 Å². The highest BCUT2D eigenvalue weighted by Gasteiger charge is 2.17. The Kier molecular flexibility index (Phi) is 2.16. The van der Waals surface area contributed by atoms with Gasteiger partial charge in [-0.05, 0) is 12.1 Å². The molecule has 5 nitrogen and oxygen atoms in total. The van der Waals surface area contributed by atoms with Crippen LogP contribution in [0, 0.1) is 5.82 Å². The molecule has 0 fully saturated rings. The number of hydrogen-bond donors (Lipinski definition) is 2. The zero-order valence-corrected chi connectivity index (χ0v) is 8.98. The third kappa shape index (κ3) is 1.46. The van der Waals surface area contributed by atoms with Crippen molar-refractivity contribution in [2.24, 2.45) is 0 Å². The third-order valence-corrected chi connectivity index (χ3v) is 2.65. The summed E-state index contributed by atoms with van der Waals surface area (Å²) in [4.78, 5) is 13.6. The van der Waals surface area contributed by atoms with E-state index >= 15 is 0 Å². The maximum absolute atomic E-state index is 13.7. The van der Waals surface area contributed by atoms with Crippen molar-refractivity contribution in [3.05, 3.63) is 42.0 Å². The summed E-state index contributed by atoms with van der Waals surface area (Å²) in [7, 11) is 0. The van der Waals surface area contributed by atoms with E-state index in [0.29, 0.717) is 16.5 Å². The van der Waals surface area contributed by atoms with E-state index in [1.807, 2.05) is 0 Å². The van der Waals surface area contributed by atoms with Crippen LogP contribution in [0.2, 0.25) is 0 Å². The number of carboxylic acids is 1. The van der Waals surface area contributed by atoms with E-state index in [-0.39, 0.29) is 11.5 Å². The fourth-order valence-corrected chi connectivity index (χ4v) is 1.84. The number of aromatic nitrogens is 2. The lowest BCUT2D eigenvalue weighted by atomic mass is 10.1. The lowest BCUT2D eigenvalue weighted by molar-refractivity contribution is 0.0686. The molecule has 0 aliphatic carbocycles. The van der Waals surface area contributed by atoms with Crippen molar-refractivity contribution in [1.82, 2.24) is 10.1 Å². The molecule has 18 heavy (non-hydrogen) atoms. The van der Waals surface area contributed by atoms with Gasteiger partial charge < -0.3 is 14.6 Å². The van der Waals surface area contributed by atoms with Crippen LogP contribution in [0.4, 0.5) is 4.39 Å². The Hall–Kier alpha value is -2.63. The second kappa shape index (κ2) is 3.69. The van der Waals surface area contributed by atoms with E-state index in [4.69, 9.17) is 9.63 Å². The second-order valence-electron chi connectivity index (χ2n) is 3.75. The van der Waals surface area contributed by atoms with Crippen LogP contribution in [0.25, 0.3) is 22.2 Å². The van der Waals surface area contributed by atoms with Crippen LogP contribution in [0.15, 0.2) is 35.0 Å². The summed E-state index contributed by atoms with van der Waals surface area (Å²) in [5.74, 6) is -1.38. The van der Waals surface area contributed by atoms with Crippen LogP contribution in [0.5, 0.6) is 0 Å². The molecule has 3 aromatic rings. The predicted molar refractivity (Wildman–Crippen MR) is 60.7 cm³/mol. The van der Waals surface area contributed by atoms with E-state index in [2.05, 4.69) is 10.1 Å². The highest BCUT2D eigenvalue weighted by Crippen LogP contribution is 2.30. The minimum atomic E-state index is -1.19. The average molecular weight is 246 g/mol. The fraction of sp³-hybridized carbons (Fsp3) is 0. The van der Waals surface area contributed by atoms with Gasteiger partial charge in [0.25, 0.3) is 0 Å². The number of carbonyl (C=O) groups is 1. The topological polar surface area (TPSA) is 79.1 Å². The first-order valence-electron chi connectivity index (χ1n) is 5.13. The molecule has 2 heterocycles. The molecule has 3 rings (SSSR count). The van der Waals surface area contributed by atoms with Gasteiger partial charge in [-0.3, -0.25) is 0 Å². The van der Waals surface area contributed by atoms with E-state index in [9.17, 15) is 9.18 Å². The number of aromatic amines is 1. The number of halogens is 1. The van der Waals surface area contributed by atoms with Gasteiger partial charge in [0.05, 0.1) is 0 Å². The molecule has 0 bridgehead atoms. The number of nitrogens with one attached hydrogen (secondary N) is 1. The van der Waals surface area contributed by atoms with Gasteiger partial charge in [0.1, 0.15) is 5.82 Å².